The van der Waals surface area contributed by atoms with Crippen molar-refractivity contribution in [3.8, 4) is 0 Å². The van der Waals surface area contributed by atoms with Crippen LogP contribution in [-0.4, -0.2) is 0 Å². The van der Waals surface area contributed by atoms with Gasteiger partial charge in [0.2, 0.25) is 0 Å². The fourth-order valence-corrected chi connectivity index (χ4v) is 9.21. The molecule has 0 amide bonds. The van der Waals surface area contributed by atoms with Gasteiger partial charge in [-0.15, -0.1) is 0 Å². The standard InChI is InChI=1S/C5H5.C3H3P2.2ClH.Zr/c2*1-2-4-5-3-1;;;/h1-3H,4H2;1-2,4H;2*1H;/q;;;;+2/p-2. The van der Waals surface area contributed by atoms with E-state index in [1.54, 1.807) is 14.2 Å². The van der Waals surface area contributed by atoms with Crippen LogP contribution in [0.25, 0.3) is 0 Å². The van der Waals surface area contributed by atoms with E-state index in [-0.39, 0.29) is 48.0 Å². The first kappa shape index (κ1) is 14.2. The maximum Gasteiger partial charge on any atom is -1.00 e. The van der Waals surface area contributed by atoms with E-state index < -0.39 is 0 Å². The van der Waals surface area contributed by atoms with E-state index in [1.807, 2.05) is 0 Å². The van der Waals surface area contributed by atoms with Crippen molar-refractivity contribution in [3.63, 3.8) is 0 Å². The summed E-state index contributed by atoms with van der Waals surface area (Å²) in [4.78, 5) is 0. The maximum atomic E-state index is 2.37. The molecule has 0 aliphatic heterocycles. The Bertz CT molecular complexity index is 293. The van der Waals surface area contributed by atoms with Crippen LogP contribution >= 0.6 is 15.7 Å². The monoisotopic (exact) mass is 326 g/mol. The van der Waals surface area contributed by atoms with Gasteiger partial charge in [0.25, 0.3) is 0 Å². The second kappa shape index (κ2) is 7.45. The Morgan fingerprint density at radius 1 is 1.38 bits per heavy atom. The molecule has 0 saturated heterocycles. The summed E-state index contributed by atoms with van der Waals surface area (Å²) in [6, 6.07) is 2.37. The Hall–Kier alpha value is 1.15. The van der Waals surface area contributed by atoms with Crippen LogP contribution in [0.4, 0.5) is 0 Å². The summed E-state index contributed by atoms with van der Waals surface area (Å²) in [5.74, 6) is 2.33. The van der Waals surface area contributed by atoms with Gasteiger partial charge in [0.1, 0.15) is 0 Å². The summed E-state index contributed by atoms with van der Waals surface area (Å²) in [7, 11) is 2.68. The number of halogens is 2. The van der Waals surface area contributed by atoms with Crippen molar-refractivity contribution in [1.82, 2.24) is 0 Å². The molecule has 13 heavy (non-hydrogen) atoms. The van der Waals surface area contributed by atoms with Crippen molar-refractivity contribution in [2.24, 2.45) is 0 Å². The summed E-state index contributed by atoms with van der Waals surface area (Å²) < 4.78 is 3.51. The van der Waals surface area contributed by atoms with Gasteiger partial charge in [0.15, 0.2) is 0 Å². The summed E-state index contributed by atoms with van der Waals surface area (Å²) >= 11 is -0.286. The zero-order valence-corrected chi connectivity index (χ0v) is 12.7. The van der Waals surface area contributed by atoms with Gasteiger partial charge in [0.05, 0.1) is 0 Å². The zero-order valence-electron chi connectivity index (χ0n) is 6.80. The van der Waals surface area contributed by atoms with Crippen LogP contribution < -0.4 is 27.8 Å². The third-order valence-electron chi connectivity index (χ3n) is 1.56. The molecule has 5 heteroatoms. The van der Waals surface area contributed by atoms with Crippen LogP contribution in [0.1, 0.15) is 6.42 Å². The first-order valence-electron chi connectivity index (χ1n) is 3.58. The molecular weight excluding hydrogens is 320 g/mol. The smallest absolute Gasteiger partial charge is 1.00 e. The van der Waals surface area contributed by atoms with Crippen molar-refractivity contribution in [1.29, 1.82) is 0 Å². The number of rotatable bonds is 2. The Kier molecular flexibility index (Phi) is 8.11. The van der Waals surface area contributed by atoms with Gasteiger partial charge in [-0.3, -0.25) is 0 Å². The van der Waals surface area contributed by atoms with E-state index in [0.717, 1.165) is 7.87 Å². The van der Waals surface area contributed by atoms with E-state index in [0.29, 0.717) is 0 Å². The van der Waals surface area contributed by atoms with Gasteiger partial charge in [0, 0.05) is 0 Å². The van der Waals surface area contributed by atoms with Crippen molar-refractivity contribution in [2.45, 2.75) is 6.42 Å². The third kappa shape index (κ3) is 4.46. The average molecular weight is 328 g/mol. The minimum atomic E-state index is -0.286. The molecule has 0 fully saturated rings. The van der Waals surface area contributed by atoms with Crippen molar-refractivity contribution in [3.05, 3.63) is 33.4 Å². The third-order valence-corrected chi connectivity index (χ3v) is 9.83. The zero-order chi connectivity index (χ0) is 7.52. The molecule has 68 valence electrons. The summed E-state index contributed by atoms with van der Waals surface area (Å²) in [5.41, 5.74) is 0. The van der Waals surface area contributed by atoms with Crippen LogP contribution in [0.5, 0.6) is 0 Å². The molecule has 1 unspecified atom stereocenters. The molecule has 2 rings (SSSR count). The summed E-state index contributed by atoms with van der Waals surface area (Å²) in [6.07, 6.45) is 8.05. The SMILES string of the molecule is C1=CC[C]([Zr+2][c]2cc[pH]p2)=C1.[Cl-].[Cl-]. The Morgan fingerprint density at radius 2 is 2.23 bits per heavy atom. The van der Waals surface area contributed by atoms with E-state index >= 15 is 0 Å². The first-order valence-corrected chi connectivity index (χ1v) is 8.85. The maximum absolute atomic E-state index is 2.37. The van der Waals surface area contributed by atoms with E-state index in [4.69, 9.17) is 0 Å². The fraction of sp³-hybridized carbons (Fsp3) is 0.125. The van der Waals surface area contributed by atoms with Crippen LogP contribution in [0.3, 0.4) is 0 Å². The second-order valence-corrected chi connectivity index (χ2v) is 9.70. The molecule has 1 heterocycles. The Morgan fingerprint density at radius 3 is 2.77 bits per heavy atom. The number of hydrogen-bond acceptors (Lipinski definition) is 0. The van der Waals surface area contributed by atoms with Crippen molar-refractivity contribution in [2.75, 3.05) is 0 Å². The molecule has 1 atom stereocenters. The predicted molar refractivity (Wildman–Crippen MR) is 49.9 cm³/mol. The minimum Gasteiger partial charge on any atom is -1.00 e. The molecule has 0 nitrogen and oxygen atoms in total. The first-order chi connectivity index (χ1) is 5.45. The van der Waals surface area contributed by atoms with Crippen LogP contribution in [0, 0.1) is 0 Å². The minimum absolute atomic E-state index is 0. The van der Waals surface area contributed by atoms with Crippen LogP contribution in [0.15, 0.2) is 33.4 Å². The van der Waals surface area contributed by atoms with E-state index in [1.165, 1.54) is 6.42 Å². The van der Waals surface area contributed by atoms with E-state index in [9.17, 15) is 0 Å². The second-order valence-electron chi connectivity index (χ2n) is 2.41. The summed E-state index contributed by atoms with van der Waals surface area (Å²) in [6.45, 7) is 0. The number of allylic oxidation sites excluding steroid dienone is 4. The molecule has 1 aromatic heterocycles. The van der Waals surface area contributed by atoms with Gasteiger partial charge < -0.3 is 24.8 Å². The Labute approximate surface area is 106 Å². The predicted octanol–water partition coefficient (Wildman–Crippen LogP) is -3.14. The number of hydrogen-bond donors (Lipinski definition) is 0. The molecule has 1 aromatic rings. The van der Waals surface area contributed by atoms with Crippen molar-refractivity contribution < 1.29 is 48.0 Å². The average Bonchev–Trinajstić information content (AvgIpc) is 2.60. The van der Waals surface area contributed by atoms with Crippen LogP contribution in [0.2, 0.25) is 0 Å². The van der Waals surface area contributed by atoms with Gasteiger partial charge in [-0.25, -0.2) is 0 Å². The topological polar surface area (TPSA) is 0 Å². The molecule has 0 bridgehead atoms. The molecule has 1 aliphatic carbocycles. The molecule has 0 saturated carbocycles. The molecule has 0 radical (unpaired) electrons. The van der Waals surface area contributed by atoms with E-state index in [2.05, 4.69) is 30.1 Å². The molecule has 0 N–H and O–H groups in total. The summed E-state index contributed by atoms with van der Waals surface area (Å²) in [5, 5.41) is 0. The van der Waals surface area contributed by atoms with Gasteiger partial charge in [-0.05, 0) is 0 Å². The van der Waals surface area contributed by atoms with Gasteiger partial charge in [-0.2, -0.15) is 0 Å². The van der Waals surface area contributed by atoms with Gasteiger partial charge in [-0.1, -0.05) is 0 Å². The van der Waals surface area contributed by atoms with Crippen LogP contribution in [-0.2, 0) is 23.2 Å². The quantitative estimate of drug-likeness (QED) is 0.538. The van der Waals surface area contributed by atoms with Gasteiger partial charge >= 0.3 is 81.8 Å². The van der Waals surface area contributed by atoms with Crippen molar-refractivity contribution >= 4 is 18.7 Å². The Balaban J connectivity index is 0.000000720. The molecule has 0 aromatic carbocycles. The molecule has 1 aliphatic rings. The molecular formula is C8H8Cl2P2Zr. The largest absolute Gasteiger partial charge is 1.00 e. The molecule has 0 spiro atoms. The fourth-order valence-electron chi connectivity index (χ4n) is 1.03. The normalized spacial score (nSPS) is 13.7.